The number of fused-ring (bicyclic) bond motifs is 1. The van der Waals surface area contributed by atoms with E-state index in [-0.39, 0.29) is 10.6 Å². The zero-order chi connectivity index (χ0) is 20.4. The molecule has 0 radical (unpaired) electrons. The van der Waals surface area contributed by atoms with Crippen LogP contribution in [0.25, 0.3) is 10.8 Å². The van der Waals surface area contributed by atoms with Gasteiger partial charge in [0.2, 0.25) is 0 Å². The molecule has 2 aromatic carbocycles. The Morgan fingerprint density at radius 3 is 2.62 bits per heavy atom. The second kappa shape index (κ2) is 7.71. The molecule has 0 aliphatic carbocycles. The summed E-state index contributed by atoms with van der Waals surface area (Å²) in [5, 5.41) is 20.7. The number of hydrogen-bond acceptors (Lipinski definition) is 5. The minimum absolute atomic E-state index is 0.0571. The van der Waals surface area contributed by atoms with Crippen molar-refractivity contribution in [2.45, 2.75) is 26.9 Å². The fourth-order valence-electron chi connectivity index (χ4n) is 3.57. The molecule has 4 rings (SSSR count). The van der Waals surface area contributed by atoms with Gasteiger partial charge < -0.3 is 5.32 Å². The van der Waals surface area contributed by atoms with Crippen molar-refractivity contribution in [3.05, 3.63) is 93.6 Å². The van der Waals surface area contributed by atoms with Crippen molar-refractivity contribution >= 4 is 22.1 Å². The molecule has 7 nitrogen and oxygen atoms in total. The number of nitrogens with one attached hydrogen (secondary N) is 1. The van der Waals surface area contributed by atoms with Crippen LogP contribution in [0.4, 0.5) is 11.4 Å². The lowest BCUT2D eigenvalue weighted by Crippen LogP contribution is -2.06. The quantitative estimate of drug-likeness (QED) is 0.385. The summed E-state index contributed by atoms with van der Waals surface area (Å²) in [6.07, 6.45) is 3.18. The number of hydrogen-bond donors (Lipinski definition) is 1. The van der Waals surface area contributed by atoms with E-state index < -0.39 is 0 Å². The zero-order valence-electron chi connectivity index (χ0n) is 16.3. The maximum atomic E-state index is 11.3. The van der Waals surface area contributed by atoms with E-state index in [4.69, 9.17) is 5.10 Å². The van der Waals surface area contributed by atoms with Crippen molar-refractivity contribution < 1.29 is 4.92 Å². The monoisotopic (exact) mass is 387 g/mol. The zero-order valence-corrected chi connectivity index (χ0v) is 16.3. The molecule has 0 unspecified atom stereocenters. The molecule has 1 N–H and O–H groups in total. The summed E-state index contributed by atoms with van der Waals surface area (Å²) in [4.78, 5) is 15.0. The van der Waals surface area contributed by atoms with Crippen molar-refractivity contribution in [2.24, 2.45) is 0 Å². The standard InChI is InChI=1S/C22H21N5O2/c1-15-19(16(2)26(25-15)14-17-6-4-3-5-7-17)13-24-21-8-9-22(27(28)29)20-12-23-11-10-18(20)21/h3-12,24H,13-14H2,1-2H3. The predicted octanol–water partition coefficient (Wildman–Crippen LogP) is 4.62. The van der Waals surface area contributed by atoms with Crippen LogP contribution in [0, 0.1) is 24.0 Å². The molecule has 4 aromatic rings. The molecule has 0 bridgehead atoms. The number of nitro benzene ring substituents is 1. The van der Waals surface area contributed by atoms with E-state index in [1.165, 1.54) is 17.8 Å². The maximum Gasteiger partial charge on any atom is 0.278 e. The molecule has 0 atom stereocenters. The number of aromatic nitrogens is 3. The SMILES string of the molecule is Cc1nn(Cc2ccccc2)c(C)c1CNc1ccc([N+](=O)[O-])c2cnccc12. The molecule has 0 saturated heterocycles. The molecule has 29 heavy (non-hydrogen) atoms. The van der Waals surface area contributed by atoms with Crippen LogP contribution in [-0.4, -0.2) is 19.7 Å². The molecular weight excluding hydrogens is 366 g/mol. The van der Waals surface area contributed by atoms with Crippen LogP contribution in [0.3, 0.4) is 0 Å². The number of benzene rings is 2. The number of non-ortho nitro benzene ring substituents is 1. The highest BCUT2D eigenvalue weighted by atomic mass is 16.6. The molecule has 0 fully saturated rings. The van der Waals surface area contributed by atoms with E-state index in [0.29, 0.717) is 11.9 Å². The van der Waals surface area contributed by atoms with Gasteiger partial charge in [0.05, 0.1) is 22.5 Å². The van der Waals surface area contributed by atoms with Crippen LogP contribution < -0.4 is 5.32 Å². The molecule has 0 amide bonds. The lowest BCUT2D eigenvalue weighted by atomic mass is 10.1. The number of pyridine rings is 1. The van der Waals surface area contributed by atoms with Crippen LogP contribution in [-0.2, 0) is 13.1 Å². The molecular formula is C22H21N5O2. The largest absolute Gasteiger partial charge is 0.380 e. The average Bonchev–Trinajstić information content (AvgIpc) is 2.99. The summed E-state index contributed by atoms with van der Waals surface area (Å²) < 4.78 is 2.01. The van der Waals surface area contributed by atoms with Crippen molar-refractivity contribution in [1.82, 2.24) is 14.8 Å². The van der Waals surface area contributed by atoms with Gasteiger partial charge in [-0.1, -0.05) is 30.3 Å². The van der Waals surface area contributed by atoms with E-state index in [0.717, 1.165) is 34.6 Å². The van der Waals surface area contributed by atoms with Crippen molar-refractivity contribution in [3.8, 4) is 0 Å². The van der Waals surface area contributed by atoms with Crippen molar-refractivity contribution in [3.63, 3.8) is 0 Å². The van der Waals surface area contributed by atoms with E-state index in [9.17, 15) is 10.1 Å². The topological polar surface area (TPSA) is 85.9 Å². The number of anilines is 1. The Hall–Kier alpha value is -3.74. The van der Waals surface area contributed by atoms with Gasteiger partial charge in [0.25, 0.3) is 5.69 Å². The highest BCUT2D eigenvalue weighted by Gasteiger charge is 2.16. The summed E-state index contributed by atoms with van der Waals surface area (Å²) >= 11 is 0. The minimum Gasteiger partial charge on any atom is -0.380 e. The minimum atomic E-state index is -0.379. The lowest BCUT2D eigenvalue weighted by Gasteiger charge is -2.11. The lowest BCUT2D eigenvalue weighted by molar-refractivity contribution is -0.383. The Bertz CT molecular complexity index is 1180. The van der Waals surface area contributed by atoms with Crippen molar-refractivity contribution in [2.75, 3.05) is 5.32 Å². The number of aryl methyl sites for hydroxylation is 1. The Morgan fingerprint density at radius 1 is 1.07 bits per heavy atom. The van der Waals surface area contributed by atoms with Crippen LogP contribution in [0.1, 0.15) is 22.5 Å². The van der Waals surface area contributed by atoms with Gasteiger partial charge in [0.15, 0.2) is 0 Å². The molecule has 2 heterocycles. The van der Waals surface area contributed by atoms with Gasteiger partial charge in [-0.2, -0.15) is 5.10 Å². The van der Waals surface area contributed by atoms with Crippen LogP contribution in [0.15, 0.2) is 60.9 Å². The third kappa shape index (κ3) is 3.67. The molecule has 0 spiro atoms. The molecule has 7 heteroatoms. The van der Waals surface area contributed by atoms with Crippen molar-refractivity contribution in [1.29, 1.82) is 0 Å². The summed E-state index contributed by atoms with van der Waals surface area (Å²) in [5.41, 5.74) is 5.29. The molecule has 0 aliphatic rings. The summed E-state index contributed by atoms with van der Waals surface area (Å²) in [5.74, 6) is 0. The maximum absolute atomic E-state index is 11.3. The van der Waals surface area contributed by atoms with Gasteiger partial charge in [-0.05, 0) is 31.5 Å². The molecule has 2 aromatic heterocycles. The number of rotatable bonds is 6. The number of nitrogens with zero attached hydrogens (tertiary/aromatic N) is 4. The van der Waals surface area contributed by atoms with Gasteiger partial charge in [-0.3, -0.25) is 19.8 Å². The summed E-state index contributed by atoms with van der Waals surface area (Å²) in [6.45, 7) is 5.38. The first-order valence-electron chi connectivity index (χ1n) is 9.36. The smallest absolute Gasteiger partial charge is 0.278 e. The molecule has 0 saturated carbocycles. The molecule has 0 aliphatic heterocycles. The second-order valence-electron chi connectivity index (χ2n) is 6.96. The summed E-state index contributed by atoms with van der Waals surface area (Å²) in [6, 6.07) is 15.3. The van der Waals surface area contributed by atoms with Gasteiger partial charge in [-0.25, -0.2) is 0 Å². The Kier molecular flexibility index (Phi) is 4.95. The van der Waals surface area contributed by atoms with Gasteiger partial charge in [-0.15, -0.1) is 0 Å². The Labute approximate surface area is 168 Å². The first kappa shape index (κ1) is 18.6. The second-order valence-corrected chi connectivity index (χ2v) is 6.96. The van der Waals surface area contributed by atoms with Gasteiger partial charge >= 0.3 is 0 Å². The third-order valence-corrected chi connectivity index (χ3v) is 5.15. The molecule has 146 valence electrons. The number of nitro groups is 1. The Morgan fingerprint density at radius 2 is 1.86 bits per heavy atom. The first-order chi connectivity index (χ1) is 14.0. The first-order valence-corrected chi connectivity index (χ1v) is 9.36. The summed E-state index contributed by atoms with van der Waals surface area (Å²) in [7, 11) is 0. The van der Waals surface area contributed by atoms with Gasteiger partial charge in [0.1, 0.15) is 0 Å². The fraction of sp³-hybridized carbons (Fsp3) is 0.182. The van der Waals surface area contributed by atoms with Crippen LogP contribution >= 0.6 is 0 Å². The third-order valence-electron chi connectivity index (χ3n) is 5.15. The van der Waals surface area contributed by atoms with E-state index >= 15 is 0 Å². The van der Waals surface area contributed by atoms with Gasteiger partial charge in [0, 0.05) is 47.3 Å². The highest BCUT2D eigenvalue weighted by molar-refractivity contribution is 5.99. The normalized spacial score (nSPS) is 11.0. The van der Waals surface area contributed by atoms with E-state index in [1.54, 1.807) is 18.3 Å². The average molecular weight is 387 g/mol. The highest BCUT2D eigenvalue weighted by Crippen LogP contribution is 2.31. The fourth-order valence-corrected chi connectivity index (χ4v) is 3.57. The Balaban J connectivity index is 1.60. The van der Waals surface area contributed by atoms with Crippen LogP contribution in [0.5, 0.6) is 0 Å². The van der Waals surface area contributed by atoms with Crippen LogP contribution in [0.2, 0.25) is 0 Å². The van der Waals surface area contributed by atoms with E-state index in [2.05, 4.69) is 29.4 Å². The predicted molar refractivity (Wildman–Crippen MR) is 113 cm³/mol. The van der Waals surface area contributed by atoms with E-state index in [1.807, 2.05) is 29.8 Å².